The van der Waals surface area contributed by atoms with Crippen LogP contribution in [0.25, 0.3) is 0 Å². The van der Waals surface area contributed by atoms with Crippen LogP contribution in [0, 0.1) is 12.7 Å². The van der Waals surface area contributed by atoms with Crippen molar-refractivity contribution in [3.63, 3.8) is 0 Å². The highest BCUT2D eigenvalue weighted by Gasteiger charge is 2.21. The number of piperazine rings is 1. The first-order valence-corrected chi connectivity index (χ1v) is 10.5. The van der Waals surface area contributed by atoms with Gasteiger partial charge in [0.05, 0.1) is 6.54 Å². The Morgan fingerprint density at radius 3 is 2.55 bits per heavy atom. The molecule has 1 aliphatic heterocycles. The first-order valence-electron chi connectivity index (χ1n) is 9.69. The molecule has 2 heterocycles. The molecule has 7 nitrogen and oxygen atoms in total. The predicted octanol–water partition coefficient (Wildman–Crippen LogP) is 1.99. The second kappa shape index (κ2) is 10.2. The van der Waals surface area contributed by atoms with Gasteiger partial charge in [-0.1, -0.05) is 0 Å². The molecule has 1 aromatic carbocycles. The van der Waals surface area contributed by atoms with Crippen LogP contribution < -0.4 is 15.5 Å². The Hall–Kier alpha value is -2.68. The van der Waals surface area contributed by atoms with E-state index < -0.39 is 0 Å². The van der Waals surface area contributed by atoms with Crippen LogP contribution in [0.2, 0.25) is 0 Å². The summed E-state index contributed by atoms with van der Waals surface area (Å²) in [6.45, 7) is 6.01. The summed E-state index contributed by atoms with van der Waals surface area (Å²) in [6.07, 6.45) is 2.26. The molecule has 29 heavy (non-hydrogen) atoms. The molecule has 0 unspecified atom stereocenters. The van der Waals surface area contributed by atoms with Crippen molar-refractivity contribution in [2.24, 2.45) is 4.99 Å². The van der Waals surface area contributed by atoms with E-state index in [0.717, 1.165) is 23.8 Å². The second-order valence-electron chi connectivity index (χ2n) is 6.81. The maximum atomic E-state index is 13.1. The average Bonchev–Trinajstić information content (AvgIpc) is 3.16. The minimum atomic E-state index is -0.235. The number of benzene rings is 1. The number of carbonyl (C=O) groups excluding carboxylic acids is 1. The lowest BCUT2D eigenvalue weighted by atomic mass is 10.2. The van der Waals surface area contributed by atoms with E-state index in [2.05, 4.69) is 25.5 Å². The molecule has 156 valence electrons. The Bertz CT molecular complexity index is 830. The van der Waals surface area contributed by atoms with Gasteiger partial charge in [0, 0.05) is 63.0 Å². The summed E-state index contributed by atoms with van der Waals surface area (Å²) in [4.78, 5) is 26.2. The first-order chi connectivity index (χ1) is 14.0. The summed E-state index contributed by atoms with van der Waals surface area (Å²) in [5.41, 5.74) is 0.991. The van der Waals surface area contributed by atoms with Gasteiger partial charge in [0.2, 0.25) is 5.91 Å². The van der Waals surface area contributed by atoms with E-state index in [9.17, 15) is 9.18 Å². The number of nitrogens with one attached hydrogen (secondary N) is 2. The van der Waals surface area contributed by atoms with E-state index in [-0.39, 0.29) is 11.7 Å². The average molecular weight is 419 g/mol. The highest BCUT2D eigenvalue weighted by Crippen LogP contribution is 2.17. The van der Waals surface area contributed by atoms with Crippen molar-refractivity contribution in [1.29, 1.82) is 0 Å². The molecule has 0 spiro atoms. The Morgan fingerprint density at radius 2 is 1.93 bits per heavy atom. The molecule has 0 atom stereocenters. The van der Waals surface area contributed by atoms with E-state index in [1.807, 2.05) is 18.0 Å². The van der Waals surface area contributed by atoms with Gasteiger partial charge in [0.25, 0.3) is 0 Å². The zero-order chi connectivity index (χ0) is 20.6. The van der Waals surface area contributed by atoms with E-state index in [1.54, 1.807) is 30.5 Å². The summed E-state index contributed by atoms with van der Waals surface area (Å²) in [7, 11) is 1.71. The van der Waals surface area contributed by atoms with Crippen molar-refractivity contribution < 1.29 is 9.18 Å². The van der Waals surface area contributed by atoms with Crippen LogP contribution in [0.3, 0.4) is 0 Å². The van der Waals surface area contributed by atoms with Crippen LogP contribution >= 0.6 is 11.3 Å². The Morgan fingerprint density at radius 1 is 1.21 bits per heavy atom. The Labute approximate surface area is 174 Å². The monoisotopic (exact) mass is 418 g/mol. The number of hydrogen-bond acceptors (Lipinski definition) is 5. The van der Waals surface area contributed by atoms with Gasteiger partial charge in [-0.3, -0.25) is 9.79 Å². The predicted molar refractivity (Wildman–Crippen MR) is 115 cm³/mol. The fourth-order valence-electron chi connectivity index (χ4n) is 3.18. The molecule has 2 aromatic rings. The molecule has 1 fully saturated rings. The van der Waals surface area contributed by atoms with Gasteiger partial charge >= 0.3 is 0 Å². The van der Waals surface area contributed by atoms with Crippen molar-refractivity contribution >= 4 is 28.9 Å². The minimum absolute atomic E-state index is 0.127. The molecule has 0 saturated carbocycles. The van der Waals surface area contributed by atoms with Gasteiger partial charge in [0.1, 0.15) is 10.8 Å². The van der Waals surface area contributed by atoms with Crippen LogP contribution in [0.4, 0.5) is 10.1 Å². The molecule has 3 rings (SSSR count). The largest absolute Gasteiger partial charge is 0.368 e. The lowest BCUT2D eigenvalue weighted by Gasteiger charge is -2.36. The number of anilines is 1. The van der Waals surface area contributed by atoms with Crippen LogP contribution in [0.15, 0.2) is 35.5 Å². The lowest BCUT2D eigenvalue weighted by Crippen LogP contribution is -2.49. The molecular weight excluding hydrogens is 391 g/mol. The number of hydrogen-bond donors (Lipinski definition) is 2. The normalized spacial score (nSPS) is 14.8. The number of nitrogens with zero attached hydrogens (tertiary/aromatic N) is 4. The Balaban J connectivity index is 1.36. The molecule has 1 amide bonds. The molecule has 2 N–H and O–H groups in total. The molecule has 9 heteroatoms. The van der Waals surface area contributed by atoms with Crippen LogP contribution in [0.5, 0.6) is 0 Å². The summed E-state index contributed by atoms with van der Waals surface area (Å²) in [5.74, 6) is 0.551. The number of amides is 1. The summed E-state index contributed by atoms with van der Waals surface area (Å²) >= 11 is 1.65. The van der Waals surface area contributed by atoms with Crippen LogP contribution in [-0.4, -0.2) is 61.5 Å². The standard InChI is InChI=1S/C20H27FN6OS/c1-15-13-24-18(29-15)14-25-20(22-2)23-8-7-19(28)27-11-9-26(10-12-27)17-5-3-16(21)4-6-17/h3-6,13H,7-12,14H2,1-2H3,(H2,22,23,25). The van der Waals surface area contributed by atoms with E-state index in [4.69, 9.17) is 0 Å². The zero-order valence-electron chi connectivity index (χ0n) is 16.8. The SMILES string of the molecule is CN=C(NCCC(=O)N1CCN(c2ccc(F)cc2)CC1)NCc1ncc(C)s1. The van der Waals surface area contributed by atoms with Crippen molar-refractivity contribution in [2.45, 2.75) is 19.9 Å². The molecule has 0 bridgehead atoms. The minimum Gasteiger partial charge on any atom is -0.368 e. The van der Waals surface area contributed by atoms with Gasteiger partial charge in [-0.15, -0.1) is 11.3 Å². The van der Waals surface area contributed by atoms with E-state index >= 15 is 0 Å². The second-order valence-corrected chi connectivity index (χ2v) is 8.13. The molecule has 1 aliphatic rings. The van der Waals surface area contributed by atoms with Crippen molar-refractivity contribution in [2.75, 3.05) is 44.7 Å². The highest BCUT2D eigenvalue weighted by molar-refractivity contribution is 7.11. The maximum absolute atomic E-state index is 13.1. The maximum Gasteiger partial charge on any atom is 0.224 e. The van der Waals surface area contributed by atoms with Gasteiger partial charge < -0.3 is 20.4 Å². The molecule has 0 radical (unpaired) electrons. The third-order valence-electron chi connectivity index (χ3n) is 4.76. The van der Waals surface area contributed by atoms with Crippen molar-refractivity contribution in [1.82, 2.24) is 20.5 Å². The molecule has 0 aliphatic carbocycles. The third kappa shape index (κ3) is 6.15. The first kappa shape index (κ1) is 21.0. The summed E-state index contributed by atoms with van der Waals surface area (Å²) < 4.78 is 13.1. The molecule has 1 aromatic heterocycles. The number of thiazole rings is 1. The number of guanidine groups is 1. The Kier molecular flexibility index (Phi) is 7.40. The van der Waals surface area contributed by atoms with Gasteiger partial charge in [-0.2, -0.15) is 0 Å². The lowest BCUT2D eigenvalue weighted by molar-refractivity contribution is -0.131. The van der Waals surface area contributed by atoms with E-state index in [1.165, 1.54) is 17.0 Å². The number of aromatic nitrogens is 1. The molecular formula is C20H27FN6OS. The van der Waals surface area contributed by atoms with Crippen molar-refractivity contribution in [3.05, 3.63) is 46.2 Å². The van der Waals surface area contributed by atoms with Gasteiger partial charge in [-0.05, 0) is 31.2 Å². The fraction of sp³-hybridized carbons (Fsp3) is 0.450. The fourth-order valence-corrected chi connectivity index (χ4v) is 3.90. The van der Waals surface area contributed by atoms with Crippen molar-refractivity contribution in [3.8, 4) is 0 Å². The molecule has 1 saturated heterocycles. The quantitative estimate of drug-likeness (QED) is 0.555. The zero-order valence-corrected chi connectivity index (χ0v) is 17.6. The number of aryl methyl sites for hydroxylation is 1. The van der Waals surface area contributed by atoms with Gasteiger partial charge in [-0.25, -0.2) is 9.37 Å². The summed E-state index contributed by atoms with van der Waals surface area (Å²) in [6, 6.07) is 6.50. The van der Waals surface area contributed by atoms with Gasteiger partial charge in [0.15, 0.2) is 5.96 Å². The number of aliphatic imine (C=N–C) groups is 1. The summed E-state index contributed by atoms with van der Waals surface area (Å²) in [5, 5.41) is 7.39. The van der Waals surface area contributed by atoms with Crippen LogP contribution in [0.1, 0.15) is 16.3 Å². The number of halogens is 1. The number of rotatable bonds is 6. The van der Waals surface area contributed by atoms with E-state index in [0.29, 0.717) is 38.6 Å². The third-order valence-corrected chi connectivity index (χ3v) is 5.67. The number of carbonyl (C=O) groups is 1. The smallest absolute Gasteiger partial charge is 0.224 e. The van der Waals surface area contributed by atoms with Crippen LogP contribution in [-0.2, 0) is 11.3 Å². The highest BCUT2D eigenvalue weighted by atomic mass is 32.1. The topological polar surface area (TPSA) is 72.9 Å².